The van der Waals surface area contributed by atoms with Crippen LogP contribution >= 0.6 is 11.6 Å². The smallest absolute Gasteiger partial charge is 0.317 e. The van der Waals surface area contributed by atoms with Crippen LogP contribution in [0.15, 0.2) is 41.0 Å². The third kappa shape index (κ3) is 2.39. The molecule has 1 amide bonds. The normalized spacial score (nSPS) is 10.4. The van der Waals surface area contributed by atoms with E-state index in [-0.39, 0.29) is 11.7 Å². The molecule has 0 aliphatic rings. The average molecular weight is 266 g/mol. The standard InChI is InChI=1S/C13H12ClNO3/c1-9-5-6-10(8-11(9)14)15(17-2)13(16)12-4-3-7-18-12/h3-8H,1-2H3. The number of carbonyl (C=O) groups is 1. The van der Waals surface area contributed by atoms with E-state index in [2.05, 4.69) is 0 Å². The van der Waals surface area contributed by atoms with Crippen molar-refractivity contribution in [3.05, 3.63) is 52.9 Å². The van der Waals surface area contributed by atoms with Gasteiger partial charge in [-0.3, -0.25) is 9.63 Å². The summed E-state index contributed by atoms with van der Waals surface area (Å²) in [6.45, 7) is 1.89. The summed E-state index contributed by atoms with van der Waals surface area (Å²) in [5.41, 5.74) is 1.48. The van der Waals surface area contributed by atoms with Gasteiger partial charge in [-0.15, -0.1) is 0 Å². The predicted octanol–water partition coefficient (Wildman–Crippen LogP) is 3.45. The first-order valence-corrected chi connectivity index (χ1v) is 5.69. The SMILES string of the molecule is CON(C(=O)c1ccco1)c1ccc(C)c(Cl)c1. The van der Waals surface area contributed by atoms with Gasteiger partial charge in [0.15, 0.2) is 5.76 Å². The zero-order valence-corrected chi connectivity index (χ0v) is 10.8. The maximum atomic E-state index is 12.1. The molecule has 0 saturated carbocycles. The summed E-state index contributed by atoms with van der Waals surface area (Å²) >= 11 is 6.03. The number of amides is 1. The Hall–Kier alpha value is -1.78. The number of hydroxylamine groups is 1. The molecule has 0 saturated heterocycles. The molecule has 4 nitrogen and oxygen atoms in total. The summed E-state index contributed by atoms with van der Waals surface area (Å²) < 4.78 is 5.05. The van der Waals surface area contributed by atoms with Crippen LogP contribution < -0.4 is 5.06 Å². The van der Waals surface area contributed by atoms with Crippen molar-refractivity contribution in [3.8, 4) is 0 Å². The summed E-state index contributed by atoms with van der Waals surface area (Å²) in [5.74, 6) is -0.184. The number of benzene rings is 1. The van der Waals surface area contributed by atoms with Crippen LogP contribution in [0.5, 0.6) is 0 Å². The van der Waals surface area contributed by atoms with E-state index in [1.54, 1.807) is 24.3 Å². The maximum Gasteiger partial charge on any atom is 0.317 e. The van der Waals surface area contributed by atoms with E-state index in [9.17, 15) is 4.79 Å². The Morgan fingerprint density at radius 2 is 2.17 bits per heavy atom. The lowest BCUT2D eigenvalue weighted by Crippen LogP contribution is -2.29. The second kappa shape index (κ2) is 5.25. The molecule has 2 rings (SSSR count). The Bertz CT molecular complexity index is 551. The van der Waals surface area contributed by atoms with Gasteiger partial charge in [0.25, 0.3) is 0 Å². The van der Waals surface area contributed by atoms with Gasteiger partial charge in [-0.1, -0.05) is 17.7 Å². The topological polar surface area (TPSA) is 42.7 Å². The minimum atomic E-state index is -0.387. The number of aryl methyl sites for hydroxylation is 1. The lowest BCUT2D eigenvalue weighted by atomic mass is 10.2. The van der Waals surface area contributed by atoms with Crippen LogP contribution in [0, 0.1) is 6.92 Å². The molecule has 0 aliphatic heterocycles. The van der Waals surface area contributed by atoms with Crippen LogP contribution in [0.3, 0.4) is 0 Å². The van der Waals surface area contributed by atoms with E-state index < -0.39 is 0 Å². The molecule has 0 bridgehead atoms. The fourth-order valence-electron chi connectivity index (χ4n) is 1.51. The second-order valence-corrected chi connectivity index (χ2v) is 4.10. The largest absolute Gasteiger partial charge is 0.459 e. The highest BCUT2D eigenvalue weighted by Crippen LogP contribution is 2.24. The number of furan rings is 1. The molecule has 0 unspecified atom stereocenters. The third-order valence-electron chi connectivity index (χ3n) is 2.49. The zero-order chi connectivity index (χ0) is 13.1. The van der Waals surface area contributed by atoms with Gasteiger partial charge in [-0.2, -0.15) is 5.06 Å². The molecule has 1 heterocycles. The molecule has 0 atom stereocenters. The van der Waals surface area contributed by atoms with E-state index in [0.29, 0.717) is 10.7 Å². The van der Waals surface area contributed by atoms with Gasteiger partial charge in [0.2, 0.25) is 0 Å². The van der Waals surface area contributed by atoms with Crippen molar-refractivity contribution in [2.75, 3.05) is 12.2 Å². The molecular formula is C13H12ClNO3. The molecule has 1 aromatic carbocycles. The van der Waals surface area contributed by atoms with Crippen molar-refractivity contribution in [2.24, 2.45) is 0 Å². The number of hydrogen-bond acceptors (Lipinski definition) is 3. The molecule has 1 aromatic heterocycles. The highest BCUT2D eigenvalue weighted by Gasteiger charge is 2.20. The van der Waals surface area contributed by atoms with Gasteiger partial charge >= 0.3 is 5.91 Å². The minimum absolute atomic E-state index is 0.202. The van der Waals surface area contributed by atoms with Gasteiger partial charge in [0.1, 0.15) is 0 Å². The number of rotatable bonds is 3. The Morgan fingerprint density at radius 1 is 1.39 bits per heavy atom. The maximum absolute atomic E-state index is 12.1. The Balaban J connectivity index is 2.33. The molecule has 94 valence electrons. The number of hydrogen-bond donors (Lipinski definition) is 0. The van der Waals surface area contributed by atoms with E-state index >= 15 is 0 Å². The summed E-state index contributed by atoms with van der Waals surface area (Å²) in [4.78, 5) is 17.2. The van der Waals surface area contributed by atoms with Crippen LogP contribution in [0.4, 0.5) is 5.69 Å². The van der Waals surface area contributed by atoms with Gasteiger partial charge in [0, 0.05) is 5.02 Å². The van der Waals surface area contributed by atoms with Gasteiger partial charge < -0.3 is 4.42 Å². The van der Waals surface area contributed by atoms with Crippen LogP contribution in [0.25, 0.3) is 0 Å². The first-order valence-electron chi connectivity index (χ1n) is 5.31. The predicted molar refractivity (Wildman–Crippen MR) is 68.7 cm³/mol. The summed E-state index contributed by atoms with van der Waals surface area (Å²) in [6, 6.07) is 8.46. The summed E-state index contributed by atoms with van der Waals surface area (Å²) in [5, 5.41) is 1.70. The van der Waals surface area contributed by atoms with Crippen molar-refractivity contribution in [3.63, 3.8) is 0 Å². The van der Waals surface area contributed by atoms with Crippen LogP contribution in [-0.4, -0.2) is 13.0 Å². The molecular weight excluding hydrogens is 254 g/mol. The summed E-state index contributed by atoms with van der Waals surface area (Å²) in [6.07, 6.45) is 1.43. The molecule has 5 heteroatoms. The van der Waals surface area contributed by atoms with Crippen LogP contribution in [-0.2, 0) is 4.84 Å². The Labute approximate surface area is 110 Å². The van der Waals surface area contributed by atoms with E-state index in [1.807, 2.05) is 13.0 Å². The number of nitrogens with zero attached hydrogens (tertiary/aromatic N) is 1. The summed E-state index contributed by atoms with van der Waals surface area (Å²) in [7, 11) is 1.41. The fourth-order valence-corrected chi connectivity index (χ4v) is 1.69. The van der Waals surface area contributed by atoms with Crippen LogP contribution in [0.2, 0.25) is 5.02 Å². The van der Waals surface area contributed by atoms with Gasteiger partial charge in [-0.05, 0) is 36.8 Å². The van der Waals surface area contributed by atoms with Crippen molar-refractivity contribution in [1.82, 2.24) is 0 Å². The monoisotopic (exact) mass is 265 g/mol. The number of anilines is 1. The lowest BCUT2D eigenvalue weighted by Gasteiger charge is -2.19. The van der Waals surface area contributed by atoms with E-state index in [0.717, 1.165) is 10.6 Å². The molecule has 0 spiro atoms. The first kappa shape index (κ1) is 12.7. The molecule has 0 aliphatic carbocycles. The molecule has 2 aromatic rings. The highest BCUT2D eigenvalue weighted by atomic mass is 35.5. The van der Waals surface area contributed by atoms with Gasteiger partial charge in [0.05, 0.1) is 19.1 Å². The molecule has 0 fully saturated rings. The van der Waals surface area contributed by atoms with Crippen molar-refractivity contribution in [2.45, 2.75) is 6.92 Å². The van der Waals surface area contributed by atoms with Crippen molar-refractivity contribution < 1.29 is 14.0 Å². The fraction of sp³-hybridized carbons (Fsp3) is 0.154. The molecule has 0 N–H and O–H groups in total. The zero-order valence-electron chi connectivity index (χ0n) is 10.0. The lowest BCUT2D eigenvalue weighted by molar-refractivity contribution is 0.0745. The molecule has 0 radical (unpaired) electrons. The first-order chi connectivity index (χ1) is 8.63. The third-order valence-corrected chi connectivity index (χ3v) is 2.90. The average Bonchev–Trinajstić information content (AvgIpc) is 2.88. The molecule has 18 heavy (non-hydrogen) atoms. The van der Waals surface area contributed by atoms with Crippen molar-refractivity contribution >= 4 is 23.2 Å². The van der Waals surface area contributed by atoms with Crippen molar-refractivity contribution in [1.29, 1.82) is 0 Å². The number of carbonyl (C=O) groups excluding carboxylic acids is 1. The quantitative estimate of drug-likeness (QED) is 0.799. The number of halogens is 1. The van der Waals surface area contributed by atoms with Gasteiger partial charge in [-0.25, -0.2) is 0 Å². The Kier molecular flexibility index (Phi) is 3.69. The van der Waals surface area contributed by atoms with E-state index in [1.165, 1.54) is 13.4 Å². The second-order valence-electron chi connectivity index (χ2n) is 3.69. The Morgan fingerprint density at radius 3 is 2.72 bits per heavy atom. The van der Waals surface area contributed by atoms with Crippen LogP contribution in [0.1, 0.15) is 16.1 Å². The highest BCUT2D eigenvalue weighted by molar-refractivity contribution is 6.31. The van der Waals surface area contributed by atoms with E-state index in [4.69, 9.17) is 20.9 Å². The minimum Gasteiger partial charge on any atom is -0.459 e.